The van der Waals surface area contributed by atoms with Gasteiger partial charge in [0.05, 0.1) is 0 Å². The third-order valence-electron chi connectivity index (χ3n) is 4.93. The molecule has 2 fully saturated rings. The zero-order valence-electron chi connectivity index (χ0n) is 15.7. The van der Waals surface area contributed by atoms with E-state index in [2.05, 4.69) is 5.32 Å². The molecule has 0 bridgehead atoms. The minimum atomic E-state index is -3.69. The number of hydrogen-bond donors (Lipinski definition) is 1. The van der Waals surface area contributed by atoms with Gasteiger partial charge in [-0.25, -0.2) is 8.42 Å². The Labute approximate surface area is 178 Å². The quantitative estimate of drug-likeness (QED) is 0.755. The molecule has 1 N–H and O–H groups in total. The molecule has 10 heteroatoms. The number of nitrogens with zero attached hydrogens (tertiary/aromatic N) is 2. The molecule has 0 radical (unpaired) electrons. The topological polar surface area (TPSA) is 86.8 Å². The van der Waals surface area contributed by atoms with E-state index < -0.39 is 15.9 Å². The Morgan fingerprint density at radius 1 is 1.03 bits per heavy atom. The van der Waals surface area contributed by atoms with Crippen molar-refractivity contribution in [3.05, 3.63) is 40.6 Å². The zero-order chi connectivity index (χ0) is 20.4. The molecule has 0 atom stereocenters. The number of hydrogen-bond acceptors (Lipinski definition) is 6. The van der Waals surface area contributed by atoms with Crippen LogP contribution >= 0.6 is 23.1 Å². The van der Waals surface area contributed by atoms with E-state index in [0.29, 0.717) is 31.7 Å². The number of rotatable bonds is 5. The fourth-order valence-corrected chi connectivity index (χ4v) is 7.30. The number of sulfonamides is 1. The van der Waals surface area contributed by atoms with Crippen LogP contribution in [0.15, 0.2) is 40.6 Å². The summed E-state index contributed by atoms with van der Waals surface area (Å²) in [6.45, 7) is 1.62. The van der Waals surface area contributed by atoms with Crippen LogP contribution < -0.4 is 10.2 Å². The third kappa shape index (κ3) is 4.20. The van der Waals surface area contributed by atoms with Gasteiger partial charge in [0, 0.05) is 48.9 Å². The fourth-order valence-electron chi connectivity index (χ4n) is 3.43. The molecule has 7 nitrogen and oxygen atoms in total. The summed E-state index contributed by atoms with van der Waals surface area (Å²) in [4.78, 5) is 26.6. The lowest BCUT2D eigenvalue weighted by atomic mass is 10.2. The molecule has 1 aromatic carbocycles. The Bertz CT molecular complexity index is 1010. The summed E-state index contributed by atoms with van der Waals surface area (Å²) in [5.41, 5.74) is 1.35. The third-order valence-corrected chi connectivity index (χ3v) is 8.86. The SMILES string of the molecule is O=C(Nc1ccc(N2CCCC2=O)cc1)c1sccc1S(=O)(=O)N1CCSCC1. The van der Waals surface area contributed by atoms with Crippen LogP contribution in [-0.4, -0.2) is 55.7 Å². The van der Waals surface area contributed by atoms with E-state index >= 15 is 0 Å². The number of thioether (sulfide) groups is 1. The first-order valence-corrected chi connectivity index (χ1v) is 12.8. The first-order chi connectivity index (χ1) is 14.0. The van der Waals surface area contributed by atoms with Gasteiger partial charge in [-0.05, 0) is 42.1 Å². The Balaban J connectivity index is 1.50. The molecule has 0 unspecified atom stereocenters. The second-order valence-corrected chi connectivity index (χ2v) is 10.8. The molecule has 4 rings (SSSR count). The van der Waals surface area contributed by atoms with Crippen molar-refractivity contribution in [2.75, 3.05) is 41.4 Å². The van der Waals surface area contributed by atoms with Gasteiger partial charge in [0.2, 0.25) is 15.9 Å². The van der Waals surface area contributed by atoms with E-state index in [1.807, 2.05) is 0 Å². The molecule has 3 heterocycles. The summed E-state index contributed by atoms with van der Waals surface area (Å²) in [5.74, 6) is 1.18. The molecule has 0 aliphatic carbocycles. The van der Waals surface area contributed by atoms with Crippen LogP contribution in [0, 0.1) is 0 Å². The Morgan fingerprint density at radius 2 is 1.76 bits per heavy atom. The lowest BCUT2D eigenvalue weighted by Crippen LogP contribution is -2.38. The maximum atomic E-state index is 13.0. The summed E-state index contributed by atoms with van der Waals surface area (Å²) < 4.78 is 27.4. The second kappa shape index (κ2) is 8.47. The molecular formula is C19H21N3O4S3. The normalized spacial score (nSPS) is 18.2. The van der Waals surface area contributed by atoms with Gasteiger partial charge >= 0.3 is 0 Å². The molecular weight excluding hydrogens is 430 g/mol. The van der Waals surface area contributed by atoms with E-state index in [-0.39, 0.29) is 15.7 Å². The number of carbonyl (C=O) groups excluding carboxylic acids is 2. The van der Waals surface area contributed by atoms with Crippen LogP contribution in [0.1, 0.15) is 22.5 Å². The monoisotopic (exact) mass is 451 g/mol. The maximum absolute atomic E-state index is 13.0. The standard InChI is InChI=1S/C19H21N3O4S3/c23-17-2-1-8-22(17)15-5-3-14(4-6-15)20-19(24)18-16(7-11-28-18)29(25,26)21-9-12-27-13-10-21/h3-7,11H,1-2,8-10,12-13H2,(H,20,24). The molecule has 2 aliphatic rings. The van der Waals surface area contributed by atoms with E-state index in [0.717, 1.165) is 35.0 Å². The van der Waals surface area contributed by atoms with Gasteiger partial charge in [-0.3, -0.25) is 9.59 Å². The molecule has 1 aromatic heterocycles. The first-order valence-electron chi connectivity index (χ1n) is 9.34. The van der Waals surface area contributed by atoms with Gasteiger partial charge in [-0.15, -0.1) is 11.3 Å². The lowest BCUT2D eigenvalue weighted by molar-refractivity contribution is -0.117. The van der Waals surface area contributed by atoms with Crippen molar-refractivity contribution in [3.63, 3.8) is 0 Å². The highest BCUT2D eigenvalue weighted by Gasteiger charge is 2.31. The zero-order valence-corrected chi connectivity index (χ0v) is 18.1. The minimum absolute atomic E-state index is 0.0613. The molecule has 2 aliphatic heterocycles. The van der Waals surface area contributed by atoms with Crippen LogP contribution in [-0.2, 0) is 14.8 Å². The van der Waals surface area contributed by atoms with Crippen molar-refractivity contribution in [3.8, 4) is 0 Å². The van der Waals surface area contributed by atoms with Crippen molar-refractivity contribution < 1.29 is 18.0 Å². The number of amides is 2. The number of benzene rings is 1. The summed E-state index contributed by atoms with van der Waals surface area (Å²) in [6.07, 6.45) is 1.41. The van der Waals surface area contributed by atoms with E-state index in [9.17, 15) is 18.0 Å². The van der Waals surface area contributed by atoms with Gasteiger partial charge in [-0.1, -0.05) is 0 Å². The van der Waals surface area contributed by atoms with Crippen LogP contribution in [0.25, 0.3) is 0 Å². The Kier molecular flexibility index (Phi) is 5.95. The van der Waals surface area contributed by atoms with Crippen molar-refractivity contribution in [2.24, 2.45) is 0 Å². The number of carbonyl (C=O) groups is 2. The van der Waals surface area contributed by atoms with Gasteiger partial charge in [0.1, 0.15) is 9.77 Å². The van der Waals surface area contributed by atoms with E-state index in [1.165, 1.54) is 10.4 Å². The van der Waals surface area contributed by atoms with Crippen LogP contribution in [0.5, 0.6) is 0 Å². The molecule has 154 valence electrons. The van der Waals surface area contributed by atoms with Crippen LogP contribution in [0.3, 0.4) is 0 Å². The average Bonchev–Trinajstić information content (AvgIpc) is 3.39. The second-order valence-electron chi connectivity index (χ2n) is 6.78. The van der Waals surface area contributed by atoms with Gasteiger partial charge in [-0.2, -0.15) is 16.1 Å². The molecule has 2 aromatic rings. The van der Waals surface area contributed by atoms with Gasteiger partial charge < -0.3 is 10.2 Å². The predicted molar refractivity (Wildman–Crippen MR) is 116 cm³/mol. The van der Waals surface area contributed by atoms with Crippen LogP contribution in [0.4, 0.5) is 11.4 Å². The summed E-state index contributed by atoms with van der Waals surface area (Å²) in [5, 5.41) is 4.40. The Hall–Kier alpha value is -1.88. The predicted octanol–water partition coefficient (Wildman–Crippen LogP) is 2.86. The van der Waals surface area contributed by atoms with Gasteiger partial charge in [0.15, 0.2) is 0 Å². The number of anilines is 2. The fraction of sp³-hybridized carbons (Fsp3) is 0.368. The summed E-state index contributed by atoms with van der Waals surface area (Å²) >= 11 is 2.84. The average molecular weight is 452 g/mol. The molecule has 2 saturated heterocycles. The minimum Gasteiger partial charge on any atom is -0.321 e. The highest BCUT2D eigenvalue weighted by atomic mass is 32.2. The first kappa shape index (κ1) is 20.4. The number of thiophene rings is 1. The van der Waals surface area contributed by atoms with Crippen molar-refractivity contribution >= 4 is 56.3 Å². The smallest absolute Gasteiger partial charge is 0.267 e. The Morgan fingerprint density at radius 3 is 2.41 bits per heavy atom. The number of nitrogens with one attached hydrogen (secondary N) is 1. The van der Waals surface area contributed by atoms with Gasteiger partial charge in [0.25, 0.3) is 5.91 Å². The summed E-state index contributed by atoms with van der Waals surface area (Å²) in [6, 6.07) is 8.52. The van der Waals surface area contributed by atoms with Crippen molar-refractivity contribution in [1.82, 2.24) is 4.31 Å². The molecule has 2 amide bonds. The van der Waals surface area contributed by atoms with Crippen LogP contribution in [0.2, 0.25) is 0 Å². The highest BCUT2D eigenvalue weighted by molar-refractivity contribution is 7.99. The van der Waals surface area contributed by atoms with Crippen molar-refractivity contribution in [2.45, 2.75) is 17.7 Å². The largest absolute Gasteiger partial charge is 0.321 e. The van der Waals surface area contributed by atoms with Crippen molar-refractivity contribution in [1.29, 1.82) is 0 Å². The van der Waals surface area contributed by atoms with E-state index in [1.54, 1.807) is 46.3 Å². The lowest BCUT2D eigenvalue weighted by Gasteiger charge is -2.25. The summed E-state index contributed by atoms with van der Waals surface area (Å²) in [7, 11) is -3.69. The van der Waals surface area contributed by atoms with E-state index in [4.69, 9.17) is 0 Å². The molecule has 0 saturated carbocycles. The maximum Gasteiger partial charge on any atom is 0.267 e. The molecule has 0 spiro atoms. The molecule has 29 heavy (non-hydrogen) atoms. The highest BCUT2D eigenvalue weighted by Crippen LogP contribution is 2.28.